The van der Waals surface area contributed by atoms with Crippen molar-refractivity contribution in [3.63, 3.8) is 0 Å². The zero-order valence-corrected chi connectivity index (χ0v) is 20.4. The van der Waals surface area contributed by atoms with Gasteiger partial charge in [0.1, 0.15) is 34.9 Å². The minimum absolute atomic E-state index is 0.138. The number of anilines is 3. The Kier molecular flexibility index (Phi) is 7.16. The summed E-state index contributed by atoms with van der Waals surface area (Å²) in [5.74, 6) is 2.18. The Morgan fingerprint density at radius 1 is 0.973 bits per heavy atom. The minimum atomic E-state index is 0.138. The summed E-state index contributed by atoms with van der Waals surface area (Å²) in [5, 5.41) is 38.4. The fourth-order valence-electron chi connectivity index (χ4n) is 3.40. The van der Waals surface area contributed by atoms with Crippen molar-refractivity contribution in [2.45, 2.75) is 6.92 Å². The normalized spacial score (nSPS) is 10.5. The van der Waals surface area contributed by atoms with Crippen LogP contribution in [-0.4, -0.2) is 46.0 Å². The predicted octanol–water partition coefficient (Wildman–Crippen LogP) is 4.33. The number of hydrogen-bond acceptors (Lipinski definition) is 12. The van der Waals surface area contributed by atoms with E-state index in [4.69, 9.17) is 9.47 Å². The molecule has 184 valence electrons. The van der Waals surface area contributed by atoms with Crippen LogP contribution in [0.2, 0.25) is 0 Å². The molecule has 37 heavy (non-hydrogen) atoms. The van der Waals surface area contributed by atoms with Gasteiger partial charge in [0.15, 0.2) is 17.5 Å². The number of aromatic nitrogens is 5. The van der Waals surface area contributed by atoms with Crippen LogP contribution in [-0.2, 0) is 0 Å². The molecule has 0 amide bonds. The fourth-order valence-corrected chi connectivity index (χ4v) is 3.40. The van der Waals surface area contributed by atoms with E-state index in [0.29, 0.717) is 40.1 Å². The monoisotopic (exact) mass is 495 g/mol. The third kappa shape index (κ3) is 4.96. The third-order valence-corrected chi connectivity index (χ3v) is 5.23. The van der Waals surface area contributed by atoms with Crippen molar-refractivity contribution in [3.8, 4) is 29.6 Å². The van der Waals surface area contributed by atoms with Crippen LogP contribution in [0.5, 0.6) is 11.5 Å². The highest BCUT2D eigenvalue weighted by Gasteiger charge is 2.19. The van der Waals surface area contributed by atoms with E-state index in [2.05, 4.69) is 47.0 Å². The second-order valence-electron chi connectivity index (χ2n) is 7.40. The molecule has 0 fully saturated rings. The lowest BCUT2D eigenvalue weighted by molar-refractivity contribution is 0.395. The largest absolute Gasteiger partial charge is 0.497 e. The van der Waals surface area contributed by atoms with Crippen molar-refractivity contribution in [2.24, 2.45) is 10.2 Å². The molecule has 13 heteroatoms. The Balaban J connectivity index is 1.78. The Labute approximate surface area is 212 Å². The van der Waals surface area contributed by atoms with Gasteiger partial charge in [-0.2, -0.15) is 20.3 Å². The molecule has 0 atom stereocenters. The number of pyridine rings is 1. The number of ether oxygens (including phenoxy) is 2. The van der Waals surface area contributed by atoms with Crippen molar-refractivity contribution >= 4 is 28.8 Å². The van der Waals surface area contributed by atoms with Crippen molar-refractivity contribution in [3.05, 3.63) is 59.5 Å². The predicted molar refractivity (Wildman–Crippen MR) is 134 cm³/mol. The average molecular weight is 496 g/mol. The highest BCUT2D eigenvalue weighted by atomic mass is 16.5. The van der Waals surface area contributed by atoms with Gasteiger partial charge in [0.2, 0.25) is 0 Å². The van der Waals surface area contributed by atoms with E-state index in [1.54, 1.807) is 64.9 Å². The van der Waals surface area contributed by atoms with Crippen LogP contribution in [0.15, 0.2) is 53.1 Å². The first-order chi connectivity index (χ1) is 18.0. The Morgan fingerprint density at radius 2 is 1.68 bits per heavy atom. The Hall–Kier alpha value is -5.56. The van der Waals surface area contributed by atoms with E-state index in [0.717, 1.165) is 0 Å². The molecule has 0 saturated carbocycles. The minimum Gasteiger partial charge on any atom is -0.497 e. The third-order valence-electron chi connectivity index (χ3n) is 5.23. The molecule has 3 heterocycles. The molecule has 0 saturated heterocycles. The maximum absolute atomic E-state index is 9.95. The number of nitrogens with zero attached hydrogens (tertiary/aromatic N) is 9. The molecular formula is C24H21N11O2. The second kappa shape index (κ2) is 10.8. The summed E-state index contributed by atoms with van der Waals surface area (Å²) >= 11 is 0. The number of methoxy groups -OCH3 is 2. The first-order valence-electron chi connectivity index (χ1n) is 10.8. The van der Waals surface area contributed by atoms with Gasteiger partial charge in [0, 0.05) is 48.9 Å². The van der Waals surface area contributed by atoms with E-state index in [9.17, 15) is 10.5 Å². The molecule has 0 spiro atoms. The molecule has 2 N–H and O–H groups in total. The smallest absolute Gasteiger partial charge is 0.252 e. The summed E-state index contributed by atoms with van der Waals surface area (Å²) in [4.78, 5) is 12.9. The van der Waals surface area contributed by atoms with Crippen LogP contribution < -0.4 is 20.1 Å². The molecule has 4 rings (SSSR count). The first-order valence-corrected chi connectivity index (χ1v) is 10.8. The number of benzene rings is 1. The Morgan fingerprint density at radius 3 is 2.27 bits per heavy atom. The molecule has 0 radical (unpaired) electrons. The summed E-state index contributed by atoms with van der Waals surface area (Å²) < 4.78 is 12.0. The topological polar surface area (TPSA) is 171 Å². The number of nitrogens with one attached hydrogen (secondary N) is 2. The van der Waals surface area contributed by atoms with E-state index in [-0.39, 0.29) is 22.9 Å². The van der Waals surface area contributed by atoms with Crippen molar-refractivity contribution in [1.29, 1.82) is 10.5 Å². The molecule has 0 aliphatic carbocycles. The molecule has 13 nitrogen and oxygen atoms in total. The highest BCUT2D eigenvalue weighted by Crippen LogP contribution is 2.37. The van der Waals surface area contributed by atoms with Crippen molar-refractivity contribution in [1.82, 2.24) is 24.7 Å². The molecule has 3 aromatic heterocycles. The number of azo groups is 1. The number of nitriles is 2. The van der Waals surface area contributed by atoms with Gasteiger partial charge < -0.3 is 20.1 Å². The lowest BCUT2D eigenvalue weighted by Gasteiger charge is -2.15. The maximum Gasteiger partial charge on any atom is 0.252 e. The standard InChI is InChI=1S/C24H21N11O2/c1-14-19(12-26)21(31-16-8-17(36-3)10-18(9-16)37-4)32-22(27-2)20(14)33-34-23-15(11-25)13-30-35(23)24-28-6-5-7-29-24/h5-10,13H,1-4H3,(H2,27,31,32)/b34-33+. The first kappa shape index (κ1) is 24.6. The summed E-state index contributed by atoms with van der Waals surface area (Å²) in [5.41, 5.74) is 1.89. The molecule has 0 bridgehead atoms. The summed E-state index contributed by atoms with van der Waals surface area (Å²) in [6.45, 7) is 1.73. The van der Waals surface area contributed by atoms with Gasteiger partial charge in [-0.15, -0.1) is 10.2 Å². The molecule has 0 aliphatic rings. The fraction of sp³-hybridized carbons (Fsp3) is 0.167. The molecular weight excluding hydrogens is 474 g/mol. The van der Waals surface area contributed by atoms with E-state index >= 15 is 0 Å². The number of hydrogen-bond donors (Lipinski definition) is 2. The SMILES string of the molecule is CNc1nc(Nc2cc(OC)cc(OC)c2)c(C#N)c(C)c1/N=N/c1c(C#N)cnn1-c1ncccn1. The summed E-state index contributed by atoms with van der Waals surface area (Å²) in [6.07, 6.45) is 4.45. The van der Waals surface area contributed by atoms with Gasteiger partial charge in [0.25, 0.3) is 5.95 Å². The lowest BCUT2D eigenvalue weighted by atomic mass is 10.1. The van der Waals surface area contributed by atoms with Crippen LogP contribution in [0.4, 0.5) is 28.8 Å². The van der Waals surface area contributed by atoms with E-state index < -0.39 is 0 Å². The number of rotatable bonds is 8. The highest BCUT2D eigenvalue weighted by molar-refractivity contribution is 5.77. The average Bonchev–Trinajstić information content (AvgIpc) is 3.35. The van der Waals surface area contributed by atoms with Gasteiger partial charge in [-0.1, -0.05) is 0 Å². The van der Waals surface area contributed by atoms with Crippen molar-refractivity contribution in [2.75, 3.05) is 31.9 Å². The van der Waals surface area contributed by atoms with Gasteiger partial charge in [-0.25, -0.2) is 15.0 Å². The van der Waals surface area contributed by atoms with Gasteiger partial charge >= 0.3 is 0 Å². The summed E-state index contributed by atoms with van der Waals surface area (Å²) in [7, 11) is 4.77. The van der Waals surface area contributed by atoms with Crippen LogP contribution >= 0.6 is 0 Å². The van der Waals surface area contributed by atoms with Gasteiger partial charge in [-0.3, -0.25) is 0 Å². The maximum atomic E-state index is 9.95. The Bertz CT molecular complexity index is 1530. The zero-order chi connectivity index (χ0) is 26.4. The quantitative estimate of drug-likeness (QED) is 0.335. The zero-order valence-electron chi connectivity index (χ0n) is 20.4. The molecule has 1 aromatic carbocycles. The van der Waals surface area contributed by atoms with E-state index in [1.165, 1.54) is 10.9 Å². The van der Waals surface area contributed by atoms with Crippen LogP contribution in [0, 0.1) is 29.6 Å². The van der Waals surface area contributed by atoms with Crippen LogP contribution in [0.3, 0.4) is 0 Å². The molecule has 4 aromatic rings. The molecule has 0 unspecified atom stereocenters. The van der Waals surface area contributed by atoms with Crippen LogP contribution in [0.25, 0.3) is 5.95 Å². The van der Waals surface area contributed by atoms with Crippen LogP contribution in [0.1, 0.15) is 16.7 Å². The van der Waals surface area contributed by atoms with Gasteiger partial charge in [-0.05, 0) is 13.0 Å². The van der Waals surface area contributed by atoms with Crippen molar-refractivity contribution < 1.29 is 9.47 Å². The second-order valence-corrected chi connectivity index (χ2v) is 7.40. The van der Waals surface area contributed by atoms with Gasteiger partial charge in [0.05, 0.1) is 26.0 Å². The lowest BCUT2D eigenvalue weighted by Crippen LogP contribution is -2.04. The van der Waals surface area contributed by atoms with E-state index in [1.807, 2.05) is 6.07 Å². The summed E-state index contributed by atoms with van der Waals surface area (Å²) in [6, 6.07) is 11.1. The molecule has 0 aliphatic heterocycles.